The number of hydrogen-bond donors (Lipinski definition) is 0. The molecule has 0 spiro atoms. The number of piperazine rings is 1. The van der Waals surface area contributed by atoms with Gasteiger partial charge in [0.1, 0.15) is 13.2 Å². The van der Waals surface area contributed by atoms with E-state index in [4.69, 9.17) is 14.0 Å². The zero-order chi connectivity index (χ0) is 21.2. The monoisotopic (exact) mass is 420 g/mol. The molecule has 8 heteroatoms. The van der Waals surface area contributed by atoms with E-state index in [-0.39, 0.29) is 5.91 Å². The fourth-order valence-corrected chi connectivity index (χ4v) is 3.91. The van der Waals surface area contributed by atoms with Crippen molar-refractivity contribution in [2.24, 2.45) is 0 Å². The van der Waals surface area contributed by atoms with Gasteiger partial charge in [0.25, 0.3) is 5.91 Å². The summed E-state index contributed by atoms with van der Waals surface area (Å²) in [4.78, 5) is 21.6. The van der Waals surface area contributed by atoms with Crippen LogP contribution in [-0.2, 0) is 6.54 Å². The molecule has 1 amide bonds. The first kappa shape index (κ1) is 19.6. The summed E-state index contributed by atoms with van der Waals surface area (Å²) in [5.74, 6) is 2.54. The predicted molar refractivity (Wildman–Crippen MR) is 113 cm³/mol. The molecule has 0 N–H and O–H groups in total. The number of fused-ring (bicyclic) bond motifs is 1. The molecule has 31 heavy (non-hydrogen) atoms. The summed E-state index contributed by atoms with van der Waals surface area (Å²) in [5, 5.41) is 4.13. The van der Waals surface area contributed by atoms with Crippen molar-refractivity contribution in [2.45, 2.75) is 13.5 Å². The van der Waals surface area contributed by atoms with Gasteiger partial charge in [-0.15, -0.1) is 0 Å². The molecule has 0 unspecified atom stereocenters. The van der Waals surface area contributed by atoms with E-state index in [2.05, 4.69) is 15.0 Å². The maximum absolute atomic E-state index is 12.9. The van der Waals surface area contributed by atoms with Crippen molar-refractivity contribution in [3.63, 3.8) is 0 Å². The highest BCUT2D eigenvalue weighted by Crippen LogP contribution is 2.31. The van der Waals surface area contributed by atoms with Crippen LogP contribution in [0.3, 0.4) is 0 Å². The van der Waals surface area contributed by atoms with Gasteiger partial charge in [0.15, 0.2) is 11.5 Å². The van der Waals surface area contributed by atoms with Crippen LogP contribution in [0.5, 0.6) is 11.5 Å². The van der Waals surface area contributed by atoms with Crippen LogP contribution in [0.25, 0.3) is 11.4 Å². The summed E-state index contributed by atoms with van der Waals surface area (Å²) in [6, 6.07) is 13.4. The van der Waals surface area contributed by atoms with Crippen molar-refractivity contribution < 1.29 is 18.8 Å². The van der Waals surface area contributed by atoms with E-state index in [1.807, 2.05) is 36.1 Å². The minimum atomic E-state index is 0.0104. The molecule has 0 saturated carbocycles. The molecule has 1 aromatic heterocycles. The SMILES string of the molecule is Cc1ccccc1-c1noc(CN2CCN(C(=O)c3ccc4c(c3)OCCO4)CC2)n1. The van der Waals surface area contributed by atoms with Crippen LogP contribution in [0.1, 0.15) is 21.8 Å². The van der Waals surface area contributed by atoms with Crippen molar-refractivity contribution in [1.82, 2.24) is 19.9 Å². The molecular formula is C23H24N4O4. The van der Waals surface area contributed by atoms with E-state index in [1.54, 1.807) is 18.2 Å². The van der Waals surface area contributed by atoms with Gasteiger partial charge in [-0.25, -0.2) is 0 Å². The highest BCUT2D eigenvalue weighted by molar-refractivity contribution is 5.95. The fourth-order valence-electron chi connectivity index (χ4n) is 3.91. The average molecular weight is 420 g/mol. The smallest absolute Gasteiger partial charge is 0.254 e. The molecule has 3 heterocycles. The summed E-state index contributed by atoms with van der Waals surface area (Å²) >= 11 is 0. The maximum atomic E-state index is 12.9. The second-order valence-electron chi connectivity index (χ2n) is 7.75. The summed E-state index contributed by atoms with van der Waals surface area (Å²) in [6.07, 6.45) is 0. The second-order valence-corrected chi connectivity index (χ2v) is 7.75. The van der Waals surface area contributed by atoms with E-state index in [1.165, 1.54) is 0 Å². The number of rotatable bonds is 4. The number of hydrogen-bond acceptors (Lipinski definition) is 7. The minimum absolute atomic E-state index is 0.0104. The standard InChI is InChI=1S/C23H24N4O4/c1-16-4-2-3-5-18(16)22-24-21(31-25-22)15-26-8-10-27(11-9-26)23(28)17-6-7-19-20(14-17)30-13-12-29-19/h2-7,14H,8-13,15H2,1H3. The zero-order valence-corrected chi connectivity index (χ0v) is 17.4. The van der Waals surface area contributed by atoms with Gasteiger partial charge in [0.05, 0.1) is 6.54 Å². The molecule has 1 saturated heterocycles. The van der Waals surface area contributed by atoms with Gasteiger partial charge in [0.2, 0.25) is 11.7 Å². The van der Waals surface area contributed by atoms with Crippen molar-refractivity contribution in [3.8, 4) is 22.9 Å². The Labute approximate surface area is 180 Å². The Kier molecular flexibility index (Phi) is 5.30. The molecule has 2 aliphatic heterocycles. The maximum Gasteiger partial charge on any atom is 0.254 e. The quantitative estimate of drug-likeness (QED) is 0.642. The average Bonchev–Trinajstić information content (AvgIpc) is 3.27. The molecular weight excluding hydrogens is 396 g/mol. The predicted octanol–water partition coefficient (Wildman–Crippen LogP) is 2.77. The van der Waals surface area contributed by atoms with Gasteiger partial charge in [-0.05, 0) is 30.7 Å². The van der Waals surface area contributed by atoms with Crippen LogP contribution in [0, 0.1) is 6.92 Å². The lowest BCUT2D eigenvalue weighted by Crippen LogP contribution is -2.48. The topological polar surface area (TPSA) is 80.9 Å². The van der Waals surface area contributed by atoms with Gasteiger partial charge in [-0.1, -0.05) is 29.4 Å². The first-order valence-corrected chi connectivity index (χ1v) is 10.5. The molecule has 8 nitrogen and oxygen atoms in total. The number of carbonyl (C=O) groups excluding carboxylic acids is 1. The van der Waals surface area contributed by atoms with E-state index in [0.29, 0.717) is 61.6 Å². The number of amides is 1. The van der Waals surface area contributed by atoms with Gasteiger partial charge >= 0.3 is 0 Å². The fraction of sp³-hybridized carbons (Fsp3) is 0.348. The van der Waals surface area contributed by atoms with Crippen LogP contribution >= 0.6 is 0 Å². The summed E-state index contributed by atoms with van der Waals surface area (Å²) < 4.78 is 16.6. The van der Waals surface area contributed by atoms with Gasteiger partial charge in [-0.3, -0.25) is 9.69 Å². The van der Waals surface area contributed by atoms with Crippen molar-refractivity contribution in [2.75, 3.05) is 39.4 Å². The molecule has 0 atom stereocenters. The lowest BCUT2D eigenvalue weighted by Gasteiger charge is -2.34. The number of nitrogens with zero attached hydrogens (tertiary/aromatic N) is 4. The molecule has 0 bridgehead atoms. The Morgan fingerprint density at radius 1 is 1.00 bits per heavy atom. The Morgan fingerprint density at radius 3 is 2.58 bits per heavy atom. The Morgan fingerprint density at radius 2 is 1.77 bits per heavy atom. The highest BCUT2D eigenvalue weighted by atomic mass is 16.6. The Hall–Kier alpha value is -3.39. The van der Waals surface area contributed by atoms with E-state index in [0.717, 1.165) is 24.2 Å². The van der Waals surface area contributed by atoms with E-state index >= 15 is 0 Å². The second kappa shape index (κ2) is 8.39. The highest BCUT2D eigenvalue weighted by Gasteiger charge is 2.25. The van der Waals surface area contributed by atoms with Crippen LogP contribution in [0.2, 0.25) is 0 Å². The molecule has 160 valence electrons. The van der Waals surface area contributed by atoms with Gasteiger partial charge < -0.3 is 18.9 Å². The number of aromatic nitrogens is 2. The third-order valence-electron chi connectivity index (χ3n) is 5.66. The third kappa shape index (κ3) is 4.11. The first-order chi connectivity index (χ1) is 15.2. The molecule has 2 aromatic carbocycles. The van der Waals surface area contributed by atoms with Crippen LogP contribution in [0.4, 0.5) is 0 Å². The number of benzene rings is 2. The molecule has 2 aliphatic rings. The first-order valence-electron chi connectivity index (χ1n) is 10.5. The Bertz CT molecular complexity index is 1090. The Balaban J connectivity index is 1.18. The molecule has 1 fully saturated rings. The third-order valence-corrected chi connectivity index (χ3v) is 5.66. The lowest BCUT2D eigenvalue weighted by atomic mass is 10.1. The van der Waals surface area contributed by atoms with E-state index in [9.17, 15) is 4.79 Å². The molecule has 0 aliphatic carbocycles. The van der Waals surface area contributed by atoms with Crippen LogP contribution < -0.4 is 9.47 Å². The van der Waals surface area contributed by atoms with Crippen LogP contribution in [0.15, 0.2) is 47.0 Å². The van der Waals surface area contributed by atoms with Crippen molar-refractivity contribution in [3.05, 3.63) is 59.5 Å². The lowest BCUT2D eigenvalue weighted by molar-refractivity contribution is 0.0614. The van der Waals surface area contributed by atoms with Gasteiger partial charge in [-0.2, -0.15) is 4.98 Å². The summed E-state index contributed by atoms with van der Waals surface area (Å²) in [5.41, 5.74) is 2.71. The number of carbonyl (C=O) groups is 1. The number of aryl methyl sites for hydroxylation is 1. The zero-order valence-electron chi connectivity index (χ0n) is 17.4. The number of ether oxygens (including phenoxy) is 2. The van der Waals surface area contributed by atoms with Gasteiger partial charge in [0, 0.05) is 37.3 Å². The molecule has 3 aromatic rings. The summed E-state index contributed by atoms with van der Waals surface area (Å²) in [6.45, 7) is 6.43. The van der Waals surface area contributed by atoms with Crippen LogP contribution in [-0.4, -0.2) is 65.2 Å². The largest absolute Gasteiger partial charge is 0.486 e. The molecule has 0 radical (unpaired) electrons. The normalized spacial score (nSPS) is 16.4. The van der Waals surface area contributed by atoms with Crippen molar-refractivity contribution in [1.29, 1.82) is 0 Å². The van der Waals surface area contributed by atoms with E-state index < -0.39 is 0 Å². The molecule has 5 rings (SSSR count). The van der Waals surface area contributed by atoms with Crippen molar-refractivity contribution >= 4 is 5.91 Å². The minimum Gasteiger partial charge on any atom is -0.486 e. The summed E-state index contributed by atoms with van der Waals surface area (Å²) in [7, 11) is 0.